The molecule has 25 heavy (non-hydrogen) atoms. The van der Waals surface area contributed by atoms with Crippen LogP contribution >= 0.6 is 22.7 Å². The lowest BCUT2D eigenvalue weighted by atomic mass is 10.2. The highest BCUT2D eigenvalue weighted by atomic mass is 32.1. The van der Waals surface area contributed by atoms with Gasteiger partial charge in [-0.05, 0) is 39.5 Å². The quantitative estimate of drug-likeness (QED) is 0.376. The van der Waals surface area contributed by atoms with Gasteiger partial charge in [-0.25, -0.2) is 9.97 Å². The molecule has 2 rings (SSSR count). The number of hydrogen-bond donors (Lipinski definition) is 2. The van der Waals surface area contributed by atoms with Crippen molar-refractivity contribution >= 4 is 28.6 Å². The van der Waals surface area contributed by atoms with Gasteiger partial charge in [-0.15, -0.1) is 22.7 Å². The Balaban J connectivity index is 1.66. The van der Waals surface area contributed by atoms with Crippen LogP contribution in [-0.2, 0) is 19.3 Å². The maximum absolute atomic E-state index is 4.66. The van der Waals surface area contributed by atoms with Crippen molar-refractivity contribution in [2.75, 3.05) is 19.6 Å². The molecule has 0 saturated carbocycles. The van der Waals surface area contributed by atoms with E-state index < -0.39 is 0 Å². The summed E-state index contributed by atoms with van der Waals surface area (Å²) in [5.74, 6) is 0.903. The maximum Gasteiger partial charge on any atom is 0.191 e. The number of aliphatic imine (C=N–C) groups is 1. The van der Waals surface area contributed by atoms with E-state index in [1.54, 1.807) is 22.7 Å². The summed E-state index contributed by atoms with van der Waals surface area (Å²) in [5.41, 5.74) is 1.13. The third kappa shape index (κ3) is 7.52. The summed E-state index contributed by atoms with van der Waals surface area (Å²) < 4.78 is 0. The predicted octanol–water partition coefficient (Wildman–Crippen LogP) is 3.59. The molecule has 2 N–H and O–H groups in total. The zero-order valence-electron chi connectivity index (χ0n) is 15.5. The van der Waals surface area contributed by atoms with Crippen LogP contribution in [0.25, 0.3) is 0 Å². The third-order valence-corrected chi connectivity index (χ3v) is 5.89. The first-order chi connectivity index (χ1) is 12.2. The Labute approximate surface area is 159 Å². The zero-order chi connectivity index (χ0) is 17.9. The molecule has 0 aliphatic heterocycles. The molecule has 0 bridgehead atoms. The number of nitrogens with zero attached hydrogens (tertiary/aromatic N) is 3. The zero-order valence-corrected chi connectivity index (χ0v) is 17.1. The predicted molar refractivity (Wildman–Crippen MR) is 109 cm³/mol. The number of guanidine groups is 1. The molecule has 0 saturated heterocycles. The Morgan fingerprint density at radius 2 is 2.04 bits per heavy atom. The Hall–Kier alpha value is -1.47. The molecule has 5 nitrogen and oxygen atoms in total. The minimum Gasteiger partial charge on any atom is -0.357 e. The normalized spacial score (nSPS) is 11.7. The summed E-state index contributed by atoms with van der Waals surface area (Å²) in [7, 11) is 0. The Bertz CT molecular complexity index is 647. The fourth-order valence-electron chi connectivity index (χ4n) is 2.35. The van der Waals surface area contributed by atoms with E-state index in [0.29, 0.717) is 0 Å². The minimum absolute atomic E-state index is 0.844. The van der Waals surface area contributed by atoms with Crippen LogP contribution in [0.2, 0.25) is 0 Å². The lowest BCUT2D eigenvalue weighted by Crippen LogP contribution is -2.38. The van der Waals surface area contributed by atoms with Gasteiger partial charge in [0.05, 0.1) is 10.0 Å². The van der Waals surface area contributed by atoms with Gasteiger partial charge in [0.25, 0.3) is 0 Å². The molecule has 2 aromatic heterocycles. The first-order valence-corrected chi connectivity index (χ1v) is 10.8. The number of thiazole rings is 2. The average Bonchev–Trinajstić information content (AvgIpc) is 3.23. The highest BCUT2D eigenvalue weighted by molar-refractivity contribution is 7.11. The van der Waals surface area contributed by atoms with Gasteiger partial charge in [0, 0.05) is 48.2 Å². The molecular formula is C18H29N5S2. The maximum atomic E-state index is 4.66. The number of rotatable bonds is 10. The van der Waals surface area contributed by atoms with Gasteiger partial charge in [0.1, 0.15) is 0 Å². The second kappa shape index (κ2) is 11.2. The van der Waals surface area contributed by atoms with Crippen LogP contribution < -0.4 is 10.6 Å². The van der Waals surface area contributed by atoms with E-state index in [-0.39, 0.29) is 0 Å². The Morgan fingerprint density at radius 1 is 1.16 bits per heavy atom. The van der Waals surface area contributed by atoms with Crippen molar-refractivity contribution in [1.82, 2.24) is 20.6 Å². The number of hydrogen-bond acceptors (Lipinski definition) is 5. The van der Waals surface area contributed by atoms with Crippen LogP contribution in [0.4, 0.5) is 0 Å². The summed E-state index contributed by atoms with van der Waals surface area (Å²) in [5, 5.41) is 11.3. The second-order valence-corrected chi connectivity index (χ2v) is 7.99. The number of aryl methyl sites for hydroxylation is 3. The molecule has 2 aromatic rings. The molecule has 0 fully saturated rings. The average molecular weight is 380 g/mol. The van der Waals surface area contributed by atoms with Gasteiger partial charge in [-0.1, -0.05) is 6.92 Å². The van der Waals surface area contributed by atoms with E-state index in [0.717, 1.165) is 63.4 Å². The van der Waals surface area contributed by atoms with E-state index in [1.807, 2.05) is 13.1 Å². The molecule has 7 heteroatoms. The Morgan fingerprint density at radius 3 is 2.72 bits per heavy atom. The summed E-state index contributed by atoms with van der Waals surface area (Å²) in [6.07, 6.45) is 7.27. The van der Waals surface area contributed by atoms with Crippen LogP contribution in [0.3, 0.4) is 0 Å². The van der Waals surface area contributed by atoms with E-state index >= 15 is 0 Å². The lowest BCUT2D eigenvalue weighted by molar-refractivity contribution is 0.727. The minimum atomic E-state index is 0.844. The molecule has 0 radical (unpaired) electrons. The van der Waals surface area contributed by atoms with Crippen LogP contribution in [0, 0.1) is 6.92 Å². The molecular weight excluding hydrogens is 350 g/mol. The smallest absolute Gasteiger partial charge is 0.191 e. The molecule has 0 spiro atoms. The van der Waals surface area contributed by atoms with Crippen molar-refractivity contribution in [1.29, 1.82) is 0 Å². The van der Waals surface area contributed by atoms with Crippen molar-refractivity contribution in [3.8, 4) is 0 Å². The van der Waals surface area contributed by atoms with Gasteiger partial charge >= 0.3 is 0 Å². The lowest BCUT2D eigenvalue weighted by Gasteiger charge is -2.10. The first kappa shape index (κ1) is 19.8. The topological polar surface area (TPSA) is 62.2 Å². The van der Waals surface area contributed by atoms with E-state index in [1.165, 1.54) is 14.9 Å². The molecule has 0 aliphatic carbocycles. The second-order valence-electron chi connectivity index (χ2n) is 5.85. The van der Waals surface area contributed by atoms with Crippen molar-refractivity contribution < 1.29 is 0 Å². The third-order valence-electron chi connectivity index (χ3n) is 3.66. The highest BCUT2D eigenvalue weighted by Gasteiger charge is 2.02. The fraction of sp³-hybridized carbons (Fsp3) is 0.611. The standard InChI is InChI=1S/C18H29N5S2/c1-4-15-12-22-16(25-15)9-11-21-18(19-5-2)20-10-7-6-8-17-23-14(3)13-24-17/h12-13H,4-11H2,1-3H3,(H2,19,20,21). The molecule has 138 valence electrons. The van der Waals surface area contributed by atoms with E-state index in [4.69, 9.17) is 0 Å². The van der Waals surface area contributed by atoms with Crippen molar-refractivity contribution in [3.63, 3.8) is 0 Å². The number of aromatic nitrogens is 2. The van der Waals surface area contributed by atoms with Gasteiger partial charge in [-0.3, -0.25) is 4.99 Å². The summed E-state index contributed by atoms with van der Waals surface area (Å²) in [4.78, 5) is 15.0. The van der Waals surface area contributed by atoms with Crippen molar-refractivity contribution in [2.45, 2.75) is 52.9 Å². The van der Waals surface area contributed by atoms with Crippen LogP contribution in [0.5, 0.6) is 0 Å². The largest absolute Gasteiger partial charge is 0.357 e. The fourth-order valence-corrected chi connectivity index (χ4v) is 4.03. The van der Waals surface area contributed by atoms with Crippen LogP contribution in [0.1, 0.15) is 47.3 Å². The number of nitrogens with one attached hydrogen (secondary N) is 2. The monoisotopic (exact) mass is 379 g/mol. The van der Waals surface area contributed by atoms with Gasteiger partial charge in [-0.2, -0.15) is 0 Å². The van der Waals surface area contributed by atoms with Crippen LogP contribution in [0.15, 0.2) is 16.6 Å². The molecule has 0 aliphatic rings. The number of unbranched alkanes of at least 4 members (excludes halogenated alkanes) is 1. The molecule has 0 unspecified atom stereocenters. The summed E-state index contributed by atoms with van der Waals surface area (Å²) >= 11 is 3.56. The van der Waals surface area contributed by atoms with Gasteiger partial charge < -0.3 is 10.6 Å². The van der Waals surface area contributed by atoms with Gasteiger partial charge in [0.15, 0.2) is 5.96 Å². The summed E-state index contributed by atoms with van der Waals surface area (Å²) in [6, 6.07) is 0. The Kier molecular flexibility index (Phi) is 8.90. The van der Waals surface area contributed by atoms with Gasteiger partial charge in [0.2, 0.25) is 0 Å². The van der Waals surface area contributed by atoms with Crippen molar-refractivity contribution in [2.24, 2.45) is 4.99 Å². The SMILES string of the molecule is CCNC(=NCCCCc1nc(C)cs1)NCCc1ncc(CC)s1. The first-order valence-electron chi connectivity index (χ1n) is 9.08. The molecule has 0 atom stereocenters. The van der Waals surface area contributed by atoms with Crippen LogP contribution in [-0.4, -0.2) is 35.6 Å². The van der Waals surface area contributed by atoms with E-state index in [2.05, 4.69) is 44.8 Å². The van der Waals surface area contributed by atoms with Crippen molar-refractivity contribution in [3.05, 3.63) is 32.2 Å². The molecule has 0 aromatic carbocycles. The molecule has 0 amide bonds. The summed E-state index contributed by atoms with van der Waals surface area (Å²) in [6.45, 7) is 8.89. The van der Waals surface area contributed by atoms with E-state index in [9.17, 15) is 0 Å². The highest BCUT2D eigenvalue weighted by Crippen LogP contribution is 2.13. The molecule has 2 heterocycles.